The summed E-state index contributed by atoms with van der Waals surface area (Å²) in [6.07, 6.45) is 6.13. The molecule has 2 rings (SSSR count). The maximum atomic E-state index is 10.5. The maximum absolute atomic E-state index is 10.5. The summed E-state index contributed by atoms with van der Waals surface area (Å²) in [5.74, 6) is 0.645. The van der Waals surface area contributed by atoms with Gasteiger partial charge in [0.25, 0.3) is 5.69 Å². The molecule has 0 aliphatic rings. The molecule has 0 bridgehead atoms. The van der Waals surface area contributed by atoms with Crippen molar-refractivity contribution in [1.82, 2.24) is 15.0 Å². The summed E-state index contributed by atoms with van der Waals surface area (Å²) >= 11 is 0. The molecular weight excluding hydrogens is 234 g/mol. The number of pyridine rings is 1. The molecule has 2 aromatic rings. The highest BCUT2D eigenvalue weighted by Crippen LogP contribution is 2.15. The summed E-state index contributed by atoms with van der Waals surface area (Å²) in [6.45, 7) is 0.540. The standard InChI is InChI=1S/C11H11N5O2/c1-15(8-9-6-12-4-5-13-9)11-3-2-10(7-14-11)16(17)18/h2-7H,8H2,1H3. The van der Waals surface area contributed by atoms with Gasteiger partial charge in [-0.15, -0.1) is 0 Å². The van der Waals surface area contributed by atoms with Crippen LogP contribution < -0.4 is 4.90 Å². The Balaban J connectivity index is 2.09. The molecule has 0 fully saturated rings. The van der Waals surface area contributed by atoms with Crippen LogP contribution in [0.2, 0.25) is 0 Å². The summed E-state index contributed by atoms with van der Waals surface area (Å²) < 4.78 is 0. The number of anilines is 1. The third-order valence-corrected chi connectivity index (χ3v) is 2.35. The van der Waals surface area contributed by atoms with Crippen LogP contribution in [0.4, 0.5) is 11.5 Å². The molecule has 0 aromatic carbocycles. The Bertz CT molecular complexity index is 529. The number of hydrogen-bond acceptors (Lipinski definition) is 6. The molecule has 7 heteroatoms. The highest BCUT2D eigenvalue weighted by molar-refractivity contribution is 5.42. The van der Waals surface area contributed by atoms with Gasteiger partial charge in [-0.1, -0.05) is 0 Å². The maximum Gasteiger partial charge on any atom is 0.287 e. The second-order valence-corrected chi connectivity index (χ2v) is 3.68. The van der Waals surface area contributed by atoms with Gasteiger partial charge in [0.05, 0.1) is 23.4 Å². The molecular formula is C11H11N5O2. The quantitative estimate of drug-likeness (QED) is 0.598. The number of rotatable bonds is 4. The lowest BCUT2D eigenvalue weighted by Gasteiger charge is -2.16. The van der Waals surface area contributed by atoms with Crippen LogP contribution in [0.5, 0.6) is 0 Å². The zero-order chi connectivity index (χ0) is 13.0. The van der Waals surface area contributed by atoms with E-state index in [1.54, 1.807) is 24.7 Å². The molecule has 0 saturated heterocycles. The van der Waals surface area contributed by atoms with E-state index in [9.17, 15) is 10.1 Å². The van der Waals surface area contributed by atoms with E-state index in [0.717, 1.165) is 5.69 Å². The van der Waals surface area contributed by atoms with Gasteiger partial charge in [-0.3, -0.25) is 20.1 Å². The van der Waals surface area contributed by atoms with Gasteiger partial charge < -0.3 is 4.90 Å². The van der Waals surface area contributed by atoms with E-state index in [1.165, 1.54) is 12.3 Å². The fourth-order valence-corrected chi connectivity index (χ4v) is 1.45. The fraction of sp³-hybridized carbons (Fsp3) is 0.182. The van der Waals surface area contributed by atoms with E-state index in [-0.39, 0.29) is 5.69 Å². The van der Waals surface area contributed by atoms with Crippen molar-refractivity contribution >= 4 is 11.5 Å². The Morgan fingerprint density at radius 2 is 2.11 bits per heavy atom. The largest absolute Gasteiger partial charge is 0.354 e. The Hall–Kier alpha value is -2.57. The number of nitrogens with zero attached hydrogens (tertiary/aromatic N) is 5. The molecule has 92 valence electrons. The monoisotopic (exact) mass is 245 g/mol. The lowest BCUT2D eigenvalue weighted by molar-refractivity contribution is -0.385. The van der Waals surface area contributed by atoms with Crippen LogP contribution in [0.1, 0.15) is 5.69 Å². The zero-order valence-electron chi connectivity index (χ0n) is 9.72. The summed E-state index contributed by atoms with van der Waals surface area (Å²) in [5, 5.41) is 10.5. The van der Waals surface area contributed by atoms with Gasteiger partial charge in [0, 0.05) is 25.5 Å². The molecule has 0 saturated carbocycles. The summed E-state index contributed by atoms with van der Waals surface area (Å²) in [4.78, 5) is 24.0. The van der Waals surface area contributed by atoms with Gasteiger partial charge in [-0.05, 0) is 6.07 Å². The molecule has 0 amide bonds. The van der Waals surface area contributed by atoms with Gasteiger partial charge in [-0.2, -0.15) is 0 Å². The van der Waals surface area contributed by atoms with Crippen molar-refractivity contribution in [2.45, 2.75) is 6.54 Å². The van der Waals surface area contributed by atoms with E-state index < -0.39 is 4.92 Å². The van der Waals surface area contributed by atoms with Crippen LogP contribution in [0.25, 0.3) is 0 Å². The Morgan fingerprint density at radius 1 is 1.28 bits per heavy atom. The predicted molar refractivity (Wildman–Crippen MR) is 65.0 cm³/mol. The first-order valence-electron chi connectivity index (χ1n) is 5.23. The number of nitro groups is 1. The van der Waals surface area contributed by atoms with Crippen LogP contribution in [0.15, 0.2) is 36.9 Å². The first-order valence-corrected chi connectivity index (χ1v) is 5.23. The minimum absolute atomic E-state index is 0.0216. The predicted octanol–water partition coefficient (Wildman–Crippen LogP) is 1.42. The van der Waals surface area contributed by atoms with Crippen LogP contribution in [0.3, 0.4) is 0 Å². The highest BCUT2D eigenvalue weighted by Gasteiger charge is 2.08. The molecule has 2 heterocycles. The minimum atomic E-state index is -0.473. The number of hydrogen-bond donors (Lipinski definition) is 0. The normalized spacial score (nSPS) is 10.1. The molecule has 0 spiro atoms. The Kier molecular flexibility index (Phi) is 3.42. The van der Waals surface area contributed by atoms with Crippen molar-refractivity contribution < 1.29 is 4.92 Å². The van der Waals surface area contributed by atoms with E-state index in [1.807, 2.05) is 11.9 Å². The molecule has 18 heavy (non-hydrogen) atoms. The first-order chi connectivity index (χ1) is 8.66. The van der Waals surface area contributed by atoms with Crippen molar-refractivity contribution in [3.05, 3.63) is 52.7 Å². The average molecular weight is 245 g/mol. The lowest BCUT2D eigenvalue weighted by atomic mass is 10.3. The van der Waals surface area contributed by atoms with Crippen molar-refractivity contribution in [1.29, 1.82) is 0 Å². The van der Waals surface area contributed by atoms with Gasteiger partial charge in [-0.25, -0.2) is 4.98 Å². The molecule has 0 aliphatic carbocycles. The van der Waals surface area contributed by atoms with E-state index in [2.05, 4.69) is 15.0 Å². The third-order valence-electron chi connectivity index (χ3n) is 2.35. The van der Waals surface area contributed by atoms with Gasteiger partial charge in [0.2, 0.25) is 0 Å². The molecule has 0 unspecified atom stereocenters. The lowest BCUT2D eigenvalue weighted by Crippen LogP contribution is -2.18. The van der Waals surface area contributed by atoms with Crippen LogP contribution in [-0.4, -0.2) is 26.9 Å². The Morgan fingerprint density at radius 3 is 2.67 bits per heavy atom. The van der Waals surface area contributed by atoms with Crippen LogP contribution in [-0.2, 0) is 6.54 Å². The van der Waals surface area contributed by atoms with Crippen molar-refractivity contribution in [2.24, 2.45) is 0 Å². The zero-order valence-corrected chi connectivity index (χ0v) is 9.72. The molecule has 0 radical (unpaired) electrons. The second-order valence-electron chi connectivity index (χ2n) is 3.68. The van der Waals surface area contributed by atoms with Crippen LogP contribution in [0, 0.1) is 10.1 Å². The van der Waals surface area contributed by atoms with Gasteiger partial charge in [0.15, 0.2) is 0 Å². The van der Waals surface area contributed by atoms with Gasteiger partial charge >= 0.3 is 0 Å². The summed E-state index contributed by atoms with van der Waals surface area (Å²) in [6, 6.07) is 3.03. The van der Waals surface area contributed by atoms with Crippen molar-refractivity contribution in [2.75, 3.05) is 11.9 Å². The van der Waals surface area contributed by atoms with E-state index in [0.29, 0.717) is 12.4 Å². The molecule has 0 atom stereocenters. The minimum Gasteiger partial charge on any atom is -0.354 e. The molecule has 7 nitrogen and oxygen atoms in total. The average Bonchev–Trinajstić information content (AvgIpc) is 2.40. The highest BCUT2D eigenvalue weighted by atomic mass is 16.6. The van der Waals surface area contributed by atoms with Crippen molar-refractivity contribution in [3.63, 3.8) is 0 Å². The smallest absolute Gasteiger partial charge is 0.287 e. The van der Waals surface area contributed by atoms with Crippen LogP contribution >= 0.6 is 0 Å². The third kappa shape index (κ3) is 2.76. The summed E-state index contributed by atoms with van der Waals surface area (Å²) in [7, 11) is 1.84. The Labute approximate surface area is 103 Å². The van der Waals surface area contributed by atoms with E-state index >= 15 is 0 Å². The van der Waals surface area contributed by atoms with E-state index in [4.69, 9.17) is 0 Å². The number of aromatic nitrogens is 3. The first kappa shape index (κ1) is 11.9. The summed E-state index contributed by atoms with van der Waals surface area (Å²) in [5.41, 5.74) is 0.784. The van der Waals surface area contributed by atoms with Gasteiger partial charge in [0.1, 0.15) is 12.0 Å². The molecule has 0 aliphatic heterocycles. The second kappa shape index (κ2) is 5.17. The molecule has 0 N–H and O–H groups in total. The topological polar surface area (TPSA) is 85.0 Å². The van der Waals surface area contributed by atoms with Crippen molar-refractivity contribution in [3.8, 4) is 0 Å². The molecule has 2 aromatic heterocycles. The fourth-order valence-electron chi connectivity index (χ4n) is 1.45. The SMILES string of the molecule is CN(Cc1cnccn1)c1ccc([N+](=O)[O-])cn1.